The molecule has 0 radical (unpaired) electrons. The number of carbonyl (C=O) groups excluding carboxylic acids is 1. The molecule has 0 spiro atoms. The maximum Gasteiger partial charge on any atom is 0.225 e. The molecule has 2 aromatic rings. The van der Waals surface area contributed by atoms with Crippen molar-refractivity contribution in [3.05, 3.63) is 47.2 Å². The van der Waals surface area contributed by atoms with E-state index >= 15 is 0 Å². The van der Waals surface area contributed by atoms with Crippen molar-refractivity contribution in [3.63, 3.8) is 0 Å². The molecule has 0 bridgehead atoms. The van der Waals surface area contributed by atoms with Crippen molar-refractivity contribution in [2.24, 2.45) is 0 Å². The van der Waals surface area contributed by atoms with Gasteiger partial charge in [-0.25, -0.2) is 4.68 Å². The van der Waals surface area contributed by atoms with Gasteiger partial charge in [0.2, 0.25) is 5.91 Å². The summed E-state index contributed by atoms with van der Waals surface area (Å²) in [5.74, 6) is 1.67. The molecule has 1 aromatic carbocycles. The van der Waals surface area contributed by atoms with E-state index in [0.29, 0.717) is 17.9 Å². The first-order valence-electron chi connectivity index (χ1n) is 8.64. The van der Waals surface area contributed by atoms with E-state index in [9.17, 15) is 9.00 Å². The first-order valence-corrected chi connectivity index (χ1v) is 10.1. The normalized spacial score (nSPS) is 16.7. The van der Waals surface area contributed by atoms with Gasteiger partial charge >= 0.3 is 0 Å². The van der Waals surface area contributed by atoms with Crippen LogP contribution in [0.15, 0.2) is 30.3 Å². The molecule has 6 heteroatoms. The first-order chi connectivity index (χ1) is 11.8. The van der Waals surface area contributed by atoms with Crippen LogP contribution in [0.5, 0.6) is 0 Å². The second kappa shape index (κ2) is 7.12. The number of rotatable bonds is 5. The number of hydrogen-bond acceptors (Lipinski definition) is 3. The van der Waals surface area contributed by atoms with Gasteiger partial charge in [0, 0.05) is 22.8 Å². The van der Waals surface area contributed by atoms with Gasteiger partial charge in [-0.2, -0.15) is 5.10 Å². The number of aromatic nitrogens is 2. The fourth-order valence-electron chi connectivity index (χ4n) is 3.03. The van der Waals surface area contributed by atoms with E-state index in [1.807, 2.05) is 22.9 Å². The van der Waals surface area contributed by atoms with Crippen molar-refractivity contribution in [1.82, 2.24) is 9.78 Å². The Morgan fingerprint density at radius 3 is 2.64 bits per heavy atom. The highest BCUT2D eigenvalue weighted by atomic mass is 32.2. The van der Waals surface area contributed by atoms with Crippen LogP contribution in [0.25, 0.3) is 0 Å². The quantitative estimate of drug-likeness (QED) is 0.890. The Bertz CT molecular complexity index is 791. The van der Waals surface area contributed by atoms with Gasteiger partial charge in [-0.1, -0.05) is 30.3 Å². The predicted molar refractivity (Wildman–Crippen MR) is 101 cm³/mol. The highest BCUT2D eigenvalue weighted by Crippen LogP contribution is 2.33. The fraction of sp³-hybridized carbons (Fsp3) is 0.474. The smallest absolute Gasteiger partial charge is 0.225 e. The molecule has 5 nitrogen and oxygen atoms in total. The molecule has 1 aliphatic rings. The van der Waals surface area contributed by atoms with E-state index in [1.54, 1.807) is 0 Å². The zero-order valence-corrected chi connectivity index (χ0v) is 15.9. The van der Waals surface area contributed by atoms with E-state index in [1.165, 1.54) is 5.56 Å². The number of hydrogen-bond donors (Lipinski definition) is 1. The molecule has 0 saturated heterocycles. The molecule has 1 aliphatic heterocycles. The largest absolute Gasteiger partial charge is 0.311 e. The van der Waals surface area contributed by atoms with Gasteiger partial charge in [0.05, 0.1) is 22.7 Å². The molecule has 134 valence electrons. The minimum atomic E-state index is -0.906. The van der Waals surface area contributed by atoms with Crippen molar-refractivity contribution >= 4 is 22.5 Å². The maximum absolute atomic E-state index is 12.4. The summed E-state index contributed by atoms with van der Waals surface area (Å²) >= 11 is 0. The van der Waals surface area contributed by atoms with Crippen LogP contribution < -0.4 is 5.32 Å². The summed E-state index contributed by atoms with van der Waals surface area (Å²) in [7, 11) is -0.906. The number of anilines is 1. The summed E-state index contributed by atoms with van der Waals surface area (Å²) < 4.78 is 13.7. The predicted octanol–water partition coefficient (Wildman–Crippen LogP) is 3.36. The van der Waals surface area contributed by atoms with Crippen molar-refractivity contribution in [2.45, 2.75) is 57.1 Å². The van der Waals surface area contributed by atoms with Gasteiger partial charge < -0.3 is 5.32 Å². The van der Waals surface area contributed by atoms with Gasteiger partial charge in [0.15, 0.2) is 0 Å². The maximum atomic E-state index is 12.4. The molecule has 25 heavy (non-hydrogen) atoms. The topological polar surface area (TPSA) is 64.0 Å². The van der Waals surface area contributed by atoms with Gasteiger partial charge in [0.25, 0.3) is 0 Å². The highest BCUT2D eigenvalue weighted by Gasteiger charge is 2.31. The van der Waals surface area contributed by atoms with Crippen molar-refractivity contribution < 1.29 is 9.00 Å². The van der Waals surface area contributed by atoms with E-state index in [4.69, 9.17) is 0 Å². The average Bonchev–Trinajstić information content (AvgIpc) is 3.05. The van der Waals surface area contributed by atoms with Gasteiger partial charge in [-0.15, -0.1) is 0 Å². The molecule has 1 aromatic heterocycles. The number of carbonyl (C=O) groups is 1. The summed E-state index contributed by atoms with van der Waals surface area (Å²) in [5, 5.41) is 7.63. The Labute approximate surface area is 151 Å². The second-order valence-corrected chi connectivity index (χ2v) is 8.93. The van der Waals surface area contributed by atoms with Crippen molar-refractivity contribution in [1.29, 1.82) is 0 Å². The molecule has 0 saturated carbocycles. The van der Waals surface area contributed by atoms with E-state index in [2.05, 4.69) is 43.3 Å². The summed E-state index contributed by atoms with van der Waals surface area (Å²) in [6.45, 7) is 6.16. The Morgan fingerprint density at radius 2 is 1.96 bits per heavy atom. The zero-order chi connectivity index (χ0) is 18.0. The first kappa shape index (κ1) is 17.9. The number of amides is 1. The summed E-state index contributed by atoms with van der Waals surface area (Å²) in [6.07, 6.45) is 2.14. The number of benzene rings is 1. The lowest BCUT2D eigenvalue weighted by Gasteiger charge is -2.23. The van der Waals surface area contributed by atoms with Crippen LogP contribution in [0.4, 0.5) is 5.82 Å². The number of nitrogens with zero attached hydrogens (tertiary/aromatic N) is 2. The van der Waals surface area contributed by atoms with E-state index in [0.717, 1.165) is 29.9 Å². The molecular formula is C19H25N3O2S. The van der Waals surface area contributed by atoms with Gasteiger partial charge in [-0.05, 0) is 39.2 Å². The fourth-order valence-corrected chi connectivity index (χ4v) is 4.30. The molecule has 2 heterocycles. The minimum absolute atomic E-state index is 0.0122. The summed E-state index contributed by atoms with van der Waals surface area (Å²) in [5.41, 5.74) is 2.79. The van der Waals surface area contributed by atoms with Crippen LogP contribution in [0.1, 0.15) is 50.4 Å². The van der Waals surface area contributed by atoms with Crippen molar-refractivity contribution in [2.75, 3.05) is 5.32 Å². The molecule has 1 atom stereocenters. The third kappa shape index (κ3) is 4.18. The van der Waals surface area contributed by atoms with Crippen LogP contribution >= 0.6 is 0 Å². The molecule has 0 aliphatic carbocycles. The van der Waals surface area contributed by atoms with Crippen LogP contribution in [-0.2, 0) is 39.1 Å². The van der Waals surface area contributed by atoms with E-state index < -0.39 is 10.8 Å². The lowest BCUT2D eigenvalue weighted by atomic mass is 10.1. The third-order valence-electron chi connectivity index (χ3n) is 4.28. The number of aryl methyl sites for hydroxylation is 1. The summed E-state index contributed by atoms with van der Waals surface area (Å²) in [4.78, 5) is 12.4. The Morgan fingerprint density at radius 1 is 1.24 bits per heavy atom. The van der Waals surface area contributed by atoms with Crippen LogP contribution in [0, 0.1) is 0 Å². The number of nitrogens with one attached hydrogen (secondary N) is 1. The molecule has 3 rings (SSSR count). The standard InChI is InChI=1S/C19H25N3O2S/c1-19(2,3)22-18(15-12-25(24)13-16(15)21-22)20-17(23)11-7-10-14-8-5-4-6-9-14/h4-6,8-9H,7,10-13H2,1-3H3,(H,20,23)/t25-/m1/s1. The Balaban J connectivity index is 1.67. The molecular weight excluding hydrogens is 334 g/mol. The molecule has 0 fully saturated rings. The Kier molecular flexibility index (Phi) is 5.08. The second-order valence-electron chi connectivity index (χ2n) is 7.47. The molecule has 0 unspecified atom stereocenters. The van der Waals surface area contributed by atoms with Gasteiger partial charge in [0.1, 0.15) is 5.82 Å². The van der Waals surface area contributed by atoms with Crippen molar-refractivity contribution in [3.8, 4) is 0 Å². The summed E-state index contributed by atoms with van der Waals surface area (Å²) in [6, 6.07) is 10.2. The van der Waals surface area contributed by atoms with Crippen LogP contribution in [0.2, 0.25) is 0 Å². The van der Waals surface area contributed by atoms with Crippen LogP contribution in [-0.4, -0.2) is 19.9 Å². The molecule has 1 amide bonds. The lowest BCUT2D eigenvalue weighted by Crippen LogP contribution is -2.27. The monoisotopic (exact) mass is 359 g/mol. The minimum Gasteiger partial charge on any atom is -0.311 e. The highest BCUT2D eigenvalue weighted by molar-refractivity contribution is 7.83. The molecule has 1 N–H and O–H groups in total. The zero-order valence-electron chi connectivity index (χ0n) is 15.0. The SMILES string of the molecule is CC(C)(C)n1nc2c(c1NC(=O)CCCc1ccccc1)C[S@@](=O)C2. The Hall–Kier alpha value is -1.95. The van der Waals surface area contributed by atoms with Crippen LogP contribution in [0.3, 0.4) is 0 Å². The number of fused-ring (bicyclic) bond motifs is 1. The lowest BCUT2D eigenvalue weighted by molar-refractivity contribution is -0.116. The van der Waals surface area contributed by atoms with E-state index in [-0.39, 0.29) is 11.4 Å². The van der Waals surface area contributed by atoms with Gasteiger partial charge in [-0.3, -0.25) is 9.00 Å². The third-order valence-corrected chi connectivity index (χ3v) is 5.48. The average molecular weight is 359 g/mol.